The third-order valence-corrected chi connectivity index (χ3v) is 5.55. The summed E-state index contributed by atoms with van der Waals surface area (Å²) in [7, 11) is 0. The smallest absolute Gasteiger partial charge is 0.406 e. The van der Waals surface area contributed by atoms with E-state index in [4.69, 9.17) is 0 Å². The second-order valence-corrected chi connectivity index (χ2v) is 9.03. The number of benzene rings is 1. The van der Waals surface area contributed by atoms with E-state index in [0.29, 0.717) is 41.3 Å². The molecule has 10 heteroatoms. The van der Waals surface area contributed by atoms with Crippen molar-refractivity contribution in [1.29, 1.82) is 0 Å². The normalized spacial score (nSPS) is 16.1. The summed E-state index contributed by atoms with van der Waals surface area (Å²) in [6.45, 7) is 6.64. The Labute approximate surface area is 170 Å². The molecule has 2 aromatic rings. The van der Waals surface area contributed by atoms with Crippen LogP contribution in [0.25, 0.3) is 10.2 Å². The van der Waals surface area contributed by atoms with E-state index in [9.17, 15) is 22.8 Å². The van der Waals surface area contributed by atoms with Crippen LogP contribution in [0.5, 0.6) is 5.75 Å². The van der Waals surface area contributed by atoms with Crippen molar-refractivity contribution in [3.05, 3.63) is 18.2 Å². The molecule has 2 amide bonds. The summed E-state index contributed by atoms with van der Waals surface area (Å²) < 4.78 is 41.4. The SMILES string of the molecule is CC(C)(C)C(=O)N1CCC(C(=O)Nc2nc3ccc(OC(F)(F)F)cc3s2)CC1. The van der Waals surface area contributed by atoms with Crippen molar-refractivity contribution in [2.45, 2.75) is 40.0 Å². The summed E-state index contributed by atoms with van der Waals surface area (Å²) in [5.74, 6) is -0.698. The number of likely N-dealkylation sites (tertiary alicyclic amines) is 1. The Morgan fingerprint density at radius 1 is 1.21 bits per heavy atom. The molecule has 1 fully saturated rings. The molecule has 158 valence electrons. The van der Waals surface area contributed by atoms with Gasteiger partial charge in [-0.25, -0.2) is 4.98 Å². The maximum atomic E-state index is 12.6. The zero-order valence-electron chi connectivity index (χ0n) is 16.3. The van der Waals surface area contributed by atoms with Gasteiger partial charge < -0.3 is 15.0 Å². The Bertz CT molecular complexity index is 913. The second kappa shape index (κ2) is 7.81. The predicted molar refractivity (Wildman–Crippen MR) is 104 cm³/mol. The van der Waals surface area contributed by atoms with Gasteiger partial charge in [-0.15, -0.1) is 13.2 Å². The third-order valence-electron chi connectivity index (χ3n) is 4.62. The molecule has 1 N–H and O–H groups in total. The topological polar surface area (TPSA) is 71.5 Å². The zero-order chi connectivity index (χ0) is 21.4. The van der Waals surface area contributed by atoms with Gasteiger partial charge in [0.05, 0.1) is 10.2 Å². The van der Waals surface area contributed by atoms with E-state index in [1.165, 1.54) is 18.2 Å². The number of amides is 2. The number of thiazole rings is 1. The molecule has 2 heterocycles. The summed E-state index contributed by atoms with van der Waals surface area (Å²) in [5, 5.41) is 3.07. The van der Waals surface area contributed by atoms with Crippen LogP contribution in [0.2, 0.25) is 0 Å². The predicted octanol–water partition coefficient (Wildman–Crippen LogP) is 4.42. The minimum Gasteiger partial charge on any atom is -0.406 e. The standard InChI is InChI=1S/C19H22F3N3O3S/c1-18(2,3)16(27)25-8-6-11(7-9-25)15(26)24-17-23-13-5-4-12(10-14(13)29-17)28-19(20,21)22/h4-5,10-11H,6-9H2,1-3H3,(H,23,24,26). The number of ether oxygens (including phenoxy) is 1. The number of hydrogen-bond donors (Lipinski definition) is 1. The van der Waals surface area contributed by atoms with Crippen LogP contribution in [0, 0.1) is 11.3 Å². The van der Waals surface area contributed by atoms with E-state index in [1.54, 1.807) is 4.90 Å². The molecule has 0 atom stereocenters. The number of hydrogen-bond acceptors (Lipinski definition) is 5. The molecule has 1 aliphatic rings. The molecular formula is C19H22F3N3O3S. The lowest BCUT2D eigenvalue weighted by Gasteiger charge is -2.35. The van der Waals surface area contributed by atoms with Crippen LogP contribution in [-0.4, -0.2) is 41.2 Å². The molecule has 0 unspecified atom stereocenters. The number of nitrogens with one attached hydrogen (secondary N) is 1. The van der Waals surface area contributed by atoms with Gasteiger partial charge in [-0.1, -0.05) is 32.1 Å². The van der Waals surface area contributed by atoms with Crippen LogP contribution in [0.3, 0.4) is 0 Å². The highest BCUT2D eigenvalue weighted by molar-refractivity contribution is 7.22. The quantitative estimate of drug-likeness (QED) is 0.784. The molecule has 0 bridgehead atoms. The Balaban J connectivity index is 1.61. The van der Waals surface area contributed by atoms with E-state index in [0.717, 1.165) is 11.3 Å². The van der Waals surface area contributed by atoms with E-state index in [1.807, 2.05) is 20.8 Å². The number of carbonyl (C=O) groups excluding carboxylic acids is 2. The maximum Gasteiger partial charge on any atom is 0.573 e. The van der Waals surface area contributed by atoms with Crippen LogP contribution in [-0.2, 0) is 9.59 Å². The highest BCUT2D eigenvalue weighted by atomic mass is 32.1. The first-order valence-electron chi connectivity index (χ1n) is 9.19. The monoisotopic (exact) mass is 429 g/mol. The number of anilines is 1. The van der Waals surface area contributed by atoms with E-state index in [-0.39, 0.29) is 23.5 Å². The molecule has 0 aliphatic carbocycles. The van der Waals surface area contributed by atoms with Crippen molar-refractivity contribution in [3.63, 3.8) is 0 Å². The molecule has 3 rings (SSSR count). The number of aromatic nitrogens is 1. The number of fused-ring (bicyclic) bond motifs is 1. The van der Waals surface area contributed by atoms with E-state index >= 15 is 0 Å². The van der Waals surface area contributed by atoms with Crippen molar-refractivity contribution in [2.75, 3.05) is 18.4 Å². The molecule has 29 heavy (non-hydrogen) atoms. The van der Waals surface area contributed by atoms with Gasteiger partial charge in [0.25, 0.3) is 0 Å². The first-order valence-corrected chi connectivity index (χ1v) is 10.0. The molecule has 1 aromatic heterocycles. The fraction of sp³-hybridized carbons (Fsp3) is 0.526. The molecule has 0 radical (unpaired) electrons. The van der Waals surface area contributed by atoms with Crippen LogP contribution >= 0.6 is 11.3 Å². The average Bonchev–Trinajstić information content (AvgIpc) is 3.00. The fourth-order valence-corrected chi connectivity index (χ4v) is 4.08. The summed E-state index contributed by atoms with van der Waals surface area (Å²) in [6.07, 6.45) is -3.65. The Hall–Kier alpha value is -2.36. The van der Waals surface area contributed by atoms with Crippen LogP contribution in [0.1, 0.15) is 33.6 Å². The highest BCUT2D eigenvalue weighted by Gasteiger charge is 2.33. The van der Waals surface area contributed by atoms with Crippen molar-refractivity contribution in [1.82, 2.24) is 9.88 Å². The fourth-order valence-electron chi connectivity index (χ4n) is 3.18. The first kappa shape index (κ1) is 21.4. The van der Waals surface area contributed by atoms with Crippen molar-refractivity contribution in [2.24, 2.45) is 11.3 Å². The lowest BCUT2D eigenvalue weighted by Crippen LogP contribution is -2.45. The van der Waals surface area contributed by atoms with Gasteiger partial charge in [0.15, 0.2) is 5.13 Å². The largest absolute Gasteiger partial charge is 0.573 e. The summed E-state index contributed by atoms with van der Waals surface area (Å²) >= 11 is 1.08. The minimum absolute atomic E-state index is 0.0689. The molecule has 1 aliphatic heterocycles. The molecule has 6 nitrogen and oxygen atoms in total. The number of nitrogens with zero attached hydrogens (tertiary/aromatic N) is 2. The van der Waals surface area contributed by atoms with Gasteiger partial charge in [0.2, 0.25) is 11.8 Å². The van der Waals surface area contributed by atoms with Crippen molar-refractivity contribution >= 4 is 38.5 Å². The van der Waals surface area contributed by atoms with Gasteiger partial charge in [0.1, 0.15) is 5.75 Å². The Kier molecular flexibility index (Phi) is 5.75. The third kappa shape index (κ3) is 5.37. The van der Waals surface area contributed by atoms with E-state index < -0.39 is 11.8 Å². The number of halogens is 3. The number of rotatable bonds is 3. The van der Waals surface area contributed by atoms with Gasteiger partial charge in [-0.05, 0) is 25.0 Å². The second-order valence-electron chi connectivity index (χ2n) is 8.00. The summed E-state index contributed by atoms with van der Waals surface area (Å²) in [6, 6.07) is 3.84. The highest BCUT2D eigenvalue weighted by Crippen LogP contribution is 2.32. The molecule has 0 saturated carbocycles. The molecular weight excluding hydrogens is 407 g/mol. The lowest BCUT2D eigenvalue weighted by atomic mass is 9.91. The summed E-state index contributed by atoms with van der Waals surface area (Å²) in [4.78, 5) is 30.9. The summed E-state index contributed by atoms with van der Waals surface area (Å²) in [5.41, 5.74) is 0.0236. The van der Waals surface area contributed by atoms with Crippen LogP contribution in [0.15, 0.2) is 18.2 Å². The van der Waals surface area contributed by atoms with Crippen molar-refractivity contribution < 1.29 is 27.5 Å². The van der Waals surface area contributed by atoms with Gasteiger partial charge in [-0.2, -0.15) is 0 Å². The Morgan fingerprint density at radius 2 is 1.86 bits per heavy atom. The van der Waals surface area contributed by atoms with Gasteiger partial charge in [-0.3, -0.25) is 9.59 Å². The van der Waals surface area contributed by atoms with Crippen molar-refractivity contribution in [3.8, 4) is 5.75 Å². The lowest BCUT2D eigenvalue weighted by molar-refractivity contribution is -0.274. The van der Waals surface area contributed by atoms with Gasteiger partial charge in [0, 0.05) is 30.5 Å². The van der Waals surface area contributed by atoms with Crippen LogP contribution < -0.4 is 10.1 Å². The number of carbonyl (C=O) groups is 2. The van der Waals surface area contributed by atoms with E-state index in [2.05, 4.69) is 15.0 Å². The zero-order valence-corrected chi connectivity index (χ0v) is 17.1. The van der Waals surface area contributed by atoms with Crippen LogP contribution in [0.4, 0.5) is 18.3 Å². The molecule has 1 aromatic carbocycles. The minimum atomic E-state index is -4.77. The van der Waals surface area contributed by atoms with Gasteiger partial charge >= 0.3 is 6.36 Å². The number of alkyl halides is 3. The Morgan fingerprint density at radius 3 is 2.45 bits per heavy atom. The average molecular weight is 429 g/mol. The molecule has 0 spiro atoms. The molecule has 1 saturated heterocycles. The maximum absolute atomic E-state index is 12.6. The first-order chi connectivity index (χ1) is 13.4. The number of piperidine rings is 1.